The summed E-state index contributed by atoms with van der Waals surface area (Å²) in [5, 5.41) is 0. The zero-order valence-corrected chi connectivity index (χ0v) is 5.95. The van der Waals surface area contributed by atoms with E-state index in [1.165, 1.54) is 0 Å². The number of urea groups is 1. The molecule has 0 aromatic heterocycles. The van der Waals surface area contributed by atoms with E-state index >= 15 is 0 Å². The number of rotatable bonds is 2. The summed E-state index contributed by atoms with van der Waals surface area (Å²) in [5.41, 5.74) is 6.78. The van der Waals surface area contributed by atoms with E-state index in [1.54, 1.807) is 0 Å². The van der Waals surface area contributed by atoms with Crippen LogP contribution in [0.2, 0.25) is 0 Å². The van der Waals surface area contributed by atoms with Crippen LogP contribution in [0, 0.1) is 0 Å². The fraction of sp³-hybridized carbons (Fsp3) is 0. The second-order valence-corrected chi connectivity index (χ2v) is 2.44. The molecule has 0 radical (unpaired) electrons. The van der Waals surface area contributed by atoms with Crippen LogP contribution in [0.3, 0.4) is 0 Å². The zero-order chi connectivity index (χ0) is 5.70. The number of nitrogens with two attached hydrogens (primary N) is 1. The van der Waals surface area contributed by atoms with Crippen molar-refractivity contribution in [3.8, 4) is 0 Å². The molecule has 0 fully saturated rings. The number of amides is 2. The molecule has 42 valence electrons. The number of hydrogen-bond donors (Lipinski definition) is 4. The van der Waals surface area contributed by atoms with Gasteiger partial charge in [0.2, 0.25) is 0 Å². The average molecular weight is 186 g/mol. The number of hydrogen-bond acceptors (Lipinski definition) is 3. The molecule has 0 unspecified atom stereocenters. The van der Waals surface area contributed by atoms with Crippen molar-refractivity contribution in [2.75, 3.05) is 0 Å². The first-order valence-corrected chi connectivity index (χ1v) is 4.90. The molecule has 0 aliphatic rings. The van der Waals surface area contributed by atoms with Gasteiger partial charge in [0.25, 0.3) is 0 Å². The fourth-order valence-electron chi connectivity index (χ4n) is 0.0731. The van der Waals surface area contributed by atoms with Crippen LogP contribution in [0.25, 0.3) is 0 Å². The Hall–Kier alpha value is 0.0995. The van der Waals surface area contributed by atoms with Crippen molar-refractivity contribution >= 4 is 31.1 Å². The van der Waals surface area contributed by atoms with Gasteiger partial charge in [0.15, 0.2) is 0 Å². The third-order valence-electron chi connectivity index (χ3n) is 0.220. The predicted octanol–water partition coefficient (Wildman–Crippen LogP) is -1.38. The molecule has 0 heterocycles. The van der Waals surface area contributed by atoms with Gasteiger partial charge in [-0.15, -0.1) is 0 Å². The molecule has 0 spiro atoms. The van der Waals surface area contributed by atoms with Crippen molar-refractivity contribution in [3.05, 3.63) is 0 Å². The van der Waals surface area contributed by atoms with Gasteiger partial charge in [-0.25, -0.2) is 0 Å². The normalized spacial score (nSPS) is 8.14. The molecular weight excluding hydrogens is 181 g/mol. The molecule has 0 aromatic carbocycles. The van der Waals surface area contributed by atoms with E-state index in [2.05, 4.69) is 26.6 Å². The summed E-state index contributed by atoms with van der Waals surface area (Å²) in [5.74, 6) is 0. The second kappa shape index (κ2) is 4.26. The van der Waals surface area contributed by atoms with Gasteiger partial charge in [0.1, 0.15) is 0 Å². The number of carbonyl (C=O) groups is 1. The molecule has 6 heteroatoms. The van der Waals surface area contributed by atoms with Gasteiger partial charge in [-0.05, 0) is 0 Å². The molecular formula is CH5N3OSSe. The van der Waals surface area contributed by atoms with Crippen LogP contribution in [-0.2, 0) is 0 Å². The summed E-state index contributed by atoms with van der Waals surface area (Å²) in [6.07, 6.45) is 0. The first kappa shape index (κ1) is 7.10. The molecule has 0 saturated carbocycles. The van der Waals surface area contributed by atoms with Crippen LogP contribution in [0.4, 0.5) is 4.79 Å². The SMILES string of the molecule is NC(=O)NN[Se]S. The van der Waals surface area contributed by atoms with Gasteiger partial charge in [0, 0.05) is 0 Å². The molecule has 0 aliphatic heterocycles. The van der Waals surface area contributed by atoms with E-state index in [1.807, 2.05) is 0 Å². The molecule has 7 heavy (non-hydrogen) atoms. The Morgan fingerprint density at radius 3 is 2.57 bits per heavy atom. The van der Waals surface area contributed by atoms with Crippen molar-refractivity contribution in [3.63, 3.8) is 0 Å². The minimum absolute atomic E-state index is 0.0605. The van der Waals surface area contributed by atoms with Gasteiger partial charge in [-0.1, -0.05) is 0 Å². The Morgan fingerprint density at radius 1 is 1.86 bits per heavy atom. The summed E-state index contributed by atoms with van der Waals surface area (Å²) in [4.78, 5) is 9.78. The van der Waals surface area contributed by atoms with Crippen molar-refractivity contribution < 1.29 is 4.79 Å². The molecule has 0 saturated heterocycles. The number of hydrazine groups is 1. The summed E-state index contributed by atoms with van der Waals surface area (Å²) in [6.45, 7) is 0. The van der Waals surface area contributed by atoms with Gasteiger partial charge in [-0.2, -0.15) is 0 Å². The van der Waals surface area contributed by atoms with Crippen LogP contribution in [0.15, 0.2) is 0 Å². The van der Waals surface area contributed by atoms with E-state index in [9.17, 15) is 4.79 Å². The van der Waals surface area contributed by atoms with E-state index in [0.717, 1.165) is 0 Å². The number of thiol groups is 1. The Labute approximate surface area is 52.0 Å². The van der Waals surface area contributed by atoms with Gasteiger partial charge >= 0.3 is 51.5 Å². The summed E-state index contributed by atoms with van der Waals surface area (Å²) < 4.78 is 2.45. The third-order valence-corrected chi connectivity index (χ3v) is 1.10. The minimum atomic E-state index is -0.587. The summed E-state index contributed by atoms with van der Waals surface area (Å²) in [7, 11) is 0. The Morgan fingerprint density at radius 2 is 2.43 bits per heavy atom. The first-order chi connectivity index (χ1) is 3.27. The molecule has 4 N–H and O–H groups in total. The monoisotopic (exact) mass is 187 g/mol. The molecule has 2 amide bonds. The van der Waals surface area contributed by atoms with Crippen LogP contribution in [0.5, 0.6) is 0 Å². The number of nitrogens with one attached hydrogen (secondary N) is 2. The van der Waals surface area contributed by atoms with E-state index < -0.39 is 6.03 Å². The van der Waals surface area contributed by atoms with Crippen LogP contribution >= 0.6 is 11.0 Å². The van der Waals surface area contributed by atoms with Crippen molar-refractivity contribution in [2.45, 2.75) is 0 Å². The van der Waals surface area contributed by atoms with Crippen LogP contribution < -0.4 is 15.6 Å². The van der Waals surface area contributed by atoms with E-state index in [4.69, 9.17) is 0 Å². The van der Waals surface area contributed by atoms with Gasteiger partial charge < -0.3 is 0 Å². The average Bonchev–Trinajstić information content (AvgIpc) is 1.61. The van der Waals surface area contributed by atoms with E-state index in [0.29, 0.717) is 0 Å². The third kappa shape index (κ3) is 6.10. The Balaban J connectivity index is 2.82. The van der Waals surface area contributed by atoms with E-state index in [-0.39, 0.29) is 14.1 Å². The molecule has 0 aromatic rings. The maximum absolute atomic E-state index is 9.78. The van der Waals surface area contributed by atoms with Crippen LogP contribution in [-0.4, -0.2) is 20.1 Å². The van der Waals surface area contributed by atoms with Crippen molar-refractivity contribution in [1.82, 2.24) is 9.87 Å². The number of carbonyl (C=O) groups excluding carboxylic acids is 1. The summed E-state index contributed by atoms with van der Waals surface area (Å²) in [6, 6.07) is -0.587. The second-order valence-electron chi connectivity index (χ2n) is 0.683. The standard InChI is InChI=1S/CH5N3OSSe/c2-1(5)3-4-7-6/h4,6H,(H3,2,3,5). The summed E-state index contributed by atoms with van der Waals surface area (Å²) >= 11 is 3.72. The quantitative estimate of drug-likeness (QED) is 0.244. The molecule has 0 bridgehead atoms. The van der Waals surface area contributed by atoms with Gasteiger partial charge in [0.05, 0.1) is 0 Å². The van der Waals surface area contributed by atoms with Crippen molar-refractivity contribution in [1.29, 1.82) is 0 Å². The maximum atomic E-state index is 9.78. The first-order valence-electron chi connectivity index (χ1n) is 1.38. The predicted molar refractivity (Wildman–Crippen MR) is 30.6 cm³/mol. The molecule has 4 nitrogen and oxygen atoms in total. The van der Waals surface area contributed by atoms with Crippen molar-refractivity contribution in [2.24, 2.45) is 5.73 Å². The Bertz CT molecular complexity index is 68.0. The fourth-order valence-corrected chi connectivity index (χ4v) is 0.617. The molecule has 0 aliphatic carbocycles. The zero-order valence-electron chi connectivity index (χ0n) is 3.34. The molecule has 0 rings (SSSR count). The Kier molecular flexibility index (Phi) is 4.32. The van der Waals surface area contributed by atoms with Crippen LogP contribution in [0.1, 0.15) is 0 Å². The number of primary amides is 1. The topological polar surface area (TPSA) is 67.2 Å². The molecule has 0 atom stereocenters. The van der Waals surface area contributed by atoms with Gasteiger partial charge in [-0.3, -0.25) is 0 Å².